The summed E-state index contributed by atoms with van der Waals surface area (Å²) in [4.78, 5) is 14.2. The summed E-state index contributed by atoms with van der Waals surface area (Å²) in [6, 6.07) is 0.197. The van der Waals surface area contributed by atoms with E-state index in [2.05, 4.69) is 4.31 Å². The molecule has 2 rings (SSSR count). The SMILES string of the molecule is CO[C@H]1C[C@@H](N(C)[S@@](=O)C(C)(C)C)C2(CCN(C(=O)OC(C)(C)C)CC2)C1. The van der Waals surface area contributed by atoms with Gasteiger partial charge in [0.2, 0.25) is 0 Å². The van der Waals surface area contributed by atoms with E-state index in [-0.39, 0.29) is 28.4 Å². The van der Waals surface area contributed by atoms with E-state index in [1.807, 2.05) is 53.5 Å². The van der Waals surface area contributed by atoms with Crippen LogP contribution in [-0.4, -0.2) is 69.2 Å². The molecule has 1 saturated carbocycles. The van der Waals surface area contributed by atoms with Crippen LogP contribution in [0.15, 0.2) is 0 Å². The van der Waals surface area contributed by atoms with Crippen molar-refractivity contribution in [2.45, 2.75) is 89.7 Å². The summed E-state index contributed by atoms with van der Waals surface area (Å²) in [5.74, 6) is 0. The van der Waals surface area contributed by atoms with Gasteiger partial charge in [-0.05, 0) is 72.6 Å². The Morgan fingerprint density at radius 3 is 2.15 bits per heavy atom. The average molecular weight is 403 g/mol. The van der Waals surface area contributed by atoms with Gasteiger partial charge in [0, 0.05) is 33.3 Å². The molecule has 0 radical (unpaired) electrons. The van der Waals surface area contributed by atoms with Crippen molar-refractivity contribution in [1.29, 1.82) is 0 Å². The van der Waals surface area contributed by atoms with Crippen molar-refractivity contribution in [3.8, 4) is 0 Å². The van der Waals surface area contributed by atoms with E-state index in [4.69, 9.17) is 9.47 Å². The molecule has 0 aromatic carbocycles. The molecular weight excluding hydrogens is 364 g/mol. The Balaban J connectivity index is 2.12. The number of nitrogens with zero attached hydrogens (tertiary/aromatic N) is 2. The van der Waals surface area contributed by atoms with Crippen LogP contribution in [0.2, 0.25) is 0 Å². The van der Waals surface area contributed by atoms with Crippen LogP contribution in [-0.2, 0) is 20.5 Å². The van der Waals surface area contributed by atoms with E-state index in [9.17, 15) is 9.00 Å². The summed E-state index contributed by atoms with van der Waals surface area (Å²) in [5, 5.41) is 0. The Bertz CT molecular complexity index is 559. The number of rotatable bonds is 3. The quantitative estimate of drug-likeness (QED) is 0.724. The minimum absolute atomic E-state index is 0.0366. The zero-order chi connectivity index (χ0) is 20.6. The molecule has 27 heavy (non-hydrogen) atoms. The number of methoxy groups -OCH3 is 1. The lowest BCUT2D eigenvalue weighted by molar-refractivity contribution is 0.00201. The van der Waals surface area contributed by atoms with Crippen LogP contribution in [0.4, 0.5) is 4.79 Å². The second-order valence-corrected chi connectivity index (χ2v) is 12.3. The number of carbonyl (C=O) groups excluding carboxylic acids is 1. The lowest BCUT2D eigenvalue weighted by Gasteiger charge is -2.46. The van der Waals surface area contributed by atoms with Gasteiger partial charge in [0.15, 0.2) is 0 Å². The van der Waals surface area contributed by atoms with E-state index in [0.29, 0.717) is 13.1 Å². The van der Waals surface area contributed by atoms with Crippen molar-refractivity contribution in [3.63, 3.8) is 0 Å². The maximum Gasteiger partial charge on any atom is 0.410 e. The monoisotopic (exact) mass is 402 g/mol. The normalized spacial score (nSPS) is 27.2. The van der Waals surface area contributed by atoms with Gasteiger partial charge in [-0.15, -0.1) is 0 Å². The van der Waals surface area contributed by atoms with Gasteiger partial charge in [-0.2, -0.15) is 0 Å². The Labute approximate surface area is 167 Å². The third-order valence-electron chi connectivity index (χ3n) is 5.80. The van der Waals surface area contributed by atoms with Crippen molar-refractivity contribution in [3.05, 3.63) is 0 Å². The van der Waals surface area contributed by atoms with Crippen LogP contribution in [0.3, 0.4) is 0 Å². The molecule has 1 spiro atoms. The number of amides is 1. The van der Waals surface area contributed by atoms with Gasteiger partial charge in [0.05, 0.1) is 21.8 Å². The molecule has 6 nitrogen and oxygen atoms in total. The highest BCUT2D eigenvalue weighted by Crippen LogP contribution is 2.50. The van der Waals surface area contributed by atoms with Gasteiger partial charge < -0.3 is 14.4 Å². The van der Waals surface area contributed by atoms with Crippen LogP contribution in [0, 0.1) is 5.41 Å². The molecule has 158 valence electrons. The summed E-state index contributed by atoms with van der Waals surface area (Å²) in [6.07, 6.45) is 3.58. The predicted molar refractivity (Wildman–Crippen MR) is 109 cm³/mol. The first kappa shape index (κ1) is 22.6. The standard InChI is InChI=1S/C20H38N2O4S/c1-18(2,3)26-17(23)22-11-9-20(10-12-22)14-15(25-8)13-16(20)21(7)27(24)19(4,5)6/h15-16H,9-14H2,1-8H3/t15-,16+,27-/m0/s1. The molecule has 0 aromatic heterocycles. The Morgan fingerprint density at radius 1 is 1.15 bits per heavy atom. The number of carbonyl (C=O) groups is 1. The first-order valence-electron chi connectivity index (χ1n) is 9.95. The molecule has 1 aliphatic heterocycles. The molecular formula is C20H38N2O4S. The highest BCUT2D eigenvalue weighted by molar-refractivity contribution is 7.84. The third-order valence-corrected chi connectivity index (χ3v) is 7.62. The number of likely N-dealkylation sites (tertiary alicyclic amines) is 1. The van der Waals surface area contributed by atoms with Crippen LogP contribution >= 0.6 is 0 Å². The summed E-state index contributed by atoms with van der Waals surface area (Å²) in [5.41, 5.74) is -0.443. The molecule has 1 saturated heterocycles. The molecule has 1 amide bonds. The van der Waals surface area contributed by atoms with Crippen LogP contribution in [0.25, 0.3) is 0 Å². The molecule has 3 atom stereocenters. The molecule has 1 heterocycles. The third kappa shape index (κ3) is 5.24. The average Bonchev–Trinajstić information content (AvgIpc) is 2.90. The van der Waals surface area contributed by atoms with E-state index < -0.39 is 16.6 Å². The van der Waals surface area contributed by atoms with Gasteiger partial charge in [0.1, 0.15) is 5.60 Å². The largest absolute Gasteiger partial charge is 0.444 e. The van der Waals surface area contributed by atoms with Crippen molar-refractivity contribution in [1.82, 2.24) is 9.21 Å². The number of piperidine rings is 1. The number of hydrogen-bond acceptors (Lipinski definition) is 4. The molecule has 2 aliphatic rings. The van der Waals surface area contributed by atoms with Gasteiger partial charge in [-0.25, -0.2) is 13.3 Å². The number of hydrogen-bond donors (Lipinski definition) is 0. The smallest absolute Gasteiger partial charge is 0.410 e. The molecule has 0 unspecified atom stereocenters. The molecule has 0 bridgehead atoms. The lowest BCUT2D eigenvalue weighted by atomic mass is 9.74. The minimum atomic E-state index is -1.07. The second-order valence-electron chi connectivity index (χ2n) is 10.1. The van der Waals surface area contributed by atoms with E-state index in [1.165, 1.54) is 0 Å². The van der Waals surface area contributed by atoms with Crippen LogP contribution < -0.4 is 0 Å². The number of ether oxygens (including phenoxy) is 2. The van der Waals surface area contributed by atoms with Gasteiger partial charge in [-0.1, -0.05) is 0 Å². The topological polar surface area (TPSA) is 59.1 Å². The lowest BCUT2D eigenvalue weighted by Crippen LogP contribution is -2.53. The van der Waals surface area contributed by atoms with Crippen molar-refractivity contribution in [2.75, 3.05) is 27.2 Å². The van der Waals surface area contributed by atoms with E-state index in [0.717, 1.165) is 25.7 Å². The fraction of sp³-hybridized carbons (Fsp3) is 0.950. The summed E-state index contributed by atoms with van der Waals surface area (Å²) < 4.78 is 26.0. The highest BCUT2D eigenvalue weighted by Gasteiger charge is 2.52. The van der Waals surface area contributed by atoms with Crippen LogP contribution in [0.5, 0.6) is 0 Å². The fourth-order valence-corrected chi connectivity index (χ4v) is 5.84. The highest BCUT2D eigenvalue weighted by atomic mass is 32.2. The van der Waals surface area contributed by atoms with Crippen molar-refractivity contribution >= 4 is 17.1 Å². The molecule has 2 fully saturated rings. The summed E-state index contributed by atoms with van der Waals surface area (Å²) in [6.45, 7) is 13.1. The predicted octanol–water partition coefficient (Wildman–Crippen LogP) is 3.58. The minimum Gasteiger partial charge on any atom is -0.444 e. The zero-order valence-corrected chi connectivity index (χ0v) is 19.1. The molecule has 1 aliphatic carbocycles. The molecule has 0 aromatic rings. The zero-order valence-electron chi connectivity index (χ0n) is 18.3. The van der Waals surface area contributed by atoms with Crippen molar-refractivity contribution in [2.24, 2.45) is 5.41 Å². The van der Waals surface area contributed by atoms with Gasteiger partial charge in [-0.3, -0.25) is 0 Å². The first-order chi connectivity index (χ1) is 12.3. The van der Waals surface area contributed by atoms with Gasteiger partial charge in [0.25, 0.3) is 0 Å². The summed E-state index contributed by atoms with van der Waals surface area (Å²) in [7, 11) is 2.66. The van der Waals surface area contributed by atoms with E-state index in [1.54, 1.807) is 7.11 Å². The Kier molecular flexibility index (Phi) is 6.70. The Morgan fingerprint density at radius 2 is 1.70 bits per heavy atom. The summed E-state index contributed by atoms with van der Waals surface area (Å²) >= 11 is 0. The van der Waals surface area contributed by atoms with Crippen molar-refractivity contribution < 1.29 is 18.5 Å². The molecule has 0 N–H and O–H groups in total. The van der Waals surface area contributed by atoms with E-state index >= 15 is 0 Å². The maximum absolute atomic E-state index is 13.0. The fourth-order valence-electron chi connectivity index (χ4n) is 4.43. The van der Waals surface area contributed by atoms with Gasteiger partial charge >= 0.3 is 6.09 Å². The second kappa shape index (κ2) is 7.99. The van der Waals surface area contributed by atoms with Crippen LogP contribution in [0.1, 0.15) is 67.2 Å². The first-order valence-corrected chi connectivity index (χ1v) is 11.1. The molecule has 7 heteroatoms. The maximum atomic E-state index is 13.0. The Hall–Kier alpha value is -0.660.